The molecule has 4 N–H and O–H groups in total. The standard InChI is InChI=1S/C35H45F2N7O7/c1-18(28(39-34(48)35(49)11-14-50-35)33(47)44-13-12-43(2)23(16-36)17-44)22-9-10-25(24(37)15-22)38-31(45)27(26(19-3-4-19)20-5-6-20)32(46)40-30-29(21-7-8-21)41-51-42-30/h9-10,15,18-21,23,26-28,49H,3-8,11-14,16-17H2,1-2H3,(H,38,45)(H,39,48)(H,40,42,46)/t18-,23+,27-,28+,35+/m0/s1. The molecule has 3 saturated carbocycles. The first-order chi connectivity index (χ1) is 24.5. The lowest BCUT2D eigenvalue weighted by Gasteiger charge is -2.41. The summed E-state index contributed by atoms with van der Waals surface area (Å²) in [4.78, 5) is 57.9. The van der Waals surface area contributed by atoms with E-state index in [1.54, 1.807) is 14.0 Å². The molecule has 3 heterocycles. The SMILES string of the molecule is C[C@@H](c1ccc(NC(=O)[C@@H](C(=O)Nc2nonc2C2CC2)C(C2CC2)C2CC2)c(F)c1)[C@@H](NC(=O)[C@@]1(O)CCO1)C(=O)N1CCN(C)[C@H](CF)C1. The number of aliphatic hydroxyl groups is 1. The van der Waals surface area contributed by atoms with Crippen LogP contribution in [0.2, 0.25) is 0 Å². The second-order valence-electron chi connectivity index (χ2n) is 14.9. The highest BCUT2D eigenvalue weighted by molar-refractivity contribution is 6.11. The number of carbonyl (C=O) groups excluding carboxylic acids is 4. The topological polar surface area (TPSA) is 179 Å². The summed E-state index contributed by atoms with van der Waals surface area (Å²) in [7, 11) is 1.77. The van der Waals surface area contributed by atoms with E-state index in [2.05, 4.69) is 26.3 Å². The number of nitrogens with zero attached hydrogens (tertiary/aromatic N) is 4. The highest BCUT2D eigenvalue weighted by Crippen LogP contribution is 2.53. The van der Waals surface area contributed by atoms with Gasteiger partial charge in [-0.3, -0.25) is 24.1 Å². The first-order valence-electron chi connectivity index (χ1n) is 17.9. The number of ether oxygens (including phenoxy) is 1. The zero-order valence-electron chi connectivity index (χ0n) is 28.8. The van der Waals surface area contributed by atoms with Crippen LogP contribution in [0.15, 0.2) is 22.8 Å². The number of hydrogen-bond donors (Lipinski definition) is 4. The van der Waals surface area contributed by atoms with Gasteiger partial charge in [0.1, 0.15) is 30.1 Å². The van der Waals surface area contributed by atoms with Crippen LogP contribution in [0.4, 0.5) is 20.3 Å². The van der Waals surface area contributed by atoms with Gasteiger partial charge < -0.3 is 30.7 Å². The van der Waals surface area contributed by atoms with Crippen molar-refractivity contribution in [1.82, 2.24) is 25.4 Å². The van der Waals surface area contributed by atoms with E-state index in [0.29, 0.717) is 17.8 Å². The first-order valence-corrected chi connectivity index (χ1v) is 17.9. The van der Waals surface area contributed by atoms with Crippen molar-refractivity contribution in [3.63, 3.8) is 0 Å². The monoisotopic (exact) mass is 713 g/mol. The number of piperazine rings is 1. The molecule has 14 nitrogen and oxygen atoms in total. The Balaban J connectivity index is 1.10. The summed E-state index contributed by atoms with van der Waals surface area (Å²) < 4.78 is 39.6. The molecule has 3 aliphatic carbocycles. The molecular weight excluding hydrogens is 668 g/mol. The van der Waals surface area contributed by atoms with Crippen LogP contribution in [0.5, 0.6) is 0 Å². The molecule has 0 bridgehead atoms. The Morgan fingerprint density at radius 3 is 2.31 bits per heavy atom. The van der Waals surface area contributed by atoms with Gasteiger partial charge >= 0.3 is 0 Å². The van der Waals surface area contributed by atoms with Gasteiger partial charge in [-0.05, 0) is 86.2 Å². The second-order valence-corrected chi connectivity index (χ2v) is 14.9. The number of alkyl halides is 1. The molecule has 1 aromatic heterocycles. The third-order valence-corrected chi connectivity index (χ3v) is 11.2. The maximum atomic E-state index is 15.9. The average molecular weight is 714 g/mol. The van der Waals surface area contributed by atoms with Crippen molar-refractivity contribution in [2.75, 3.05) is 50.6 Å². The third-order valence-electron chi connectivity index (χ3n) is 11.2. The highest BCUT2D eigenvalue weighted by atomic mass is 19.1. The van der Waals surface area contributed by atoms with Crippen molar-refractivity contribution in [1.29, 1.82) is 0 Å². The number of halogens is 2. The largest absolute Gasteiger partial charge is 0.358 e. The van der Waals surface area contributed by atoms with Crippen LogP contribution in [0.25, 0.3) is 0 Å². The van der Waals surface area contributed by atoms with Crippen molar-refractivity contribution in [3.05, 3.63) is 35.3 Å². The molecule has 2 saturated heterocycles. The van der Waals surface area contributed by atoms with E-state index in [-0.39, 0.29) is 61.3 Å². The van der Waals surface area contributed by atoms with Gasteiger partial charge in [-0.2, -0.15) is 0 Å². The van der Waals surface area contributed by atoms with Crippen molar-refractivity contribution < 1.29 is 42.4 Å². The zero-order valence-corrected chi connectivity index (χ0v) is 28.8. The van der Waals surface area contributed by atoms with E-state index in [9.17, 15) is 28.7 Å². The lowest BCUT2D eigenvalue weighted by molar-refractivity contribution is -0.265. The van der Waals surface area contributed by atoms with Crippen LogP contribution in [0, 0.1) is 29.5 Å². The molecular formula is C35H45F2N7O7. The lowest BCUT2D eigenvalue weighted by Crippen LogP contribution is -2.63. The van der Waals surface area contributed by atoms with Gasteiger partial charge in [0.25, 0.3) is 5.91 Å². The minimum Gasteiger partial charge on any atom is -0.358 e. The number of amides is 4. The zero-order chi connectivity index (χ0) is 36.0. The van der Waals surface area contributed by atoms with Crippen LogP contribution in [0.3, 0.4) is 0 Å². The predicted molar refractivity (Wildman–Crippen MR) is 177 cm³/mol. The van der Waals surface area contributed by atoms with E-state index in [1.807, 2.05) is 4.90 Å². The molecule has 2 aliphatic heterocycles. The third kappa shape index (κ3) is 7.49. The maximum Gasteiger partial charge on any atom is 0.280 e. The fourth-order valence-electron chi connectivity index (χ4n) is 7.42. The number of rotatable bonds is 14. The van der Waals surface area contributed by atoms with Crippen LogP contribution < -0.4 is 16.0 Å². The summed E-state index contributed by atoms with van der Waals surface area (Å²) in [6, 6.07) is 2.31. The molecule has 7 rings (SSSR count). The van der Waals surface area contributed by atoms with Crippen molar-refractivity contribution in [2.24, 2.45) is 23.7 Å². The predicted octanol–water partition coefficient (Wildman–Crippen LogP) is 2.53. The molecule has 5 aliphatic rings. The first kappa shape index (κ1) is 35.4. The molecule has 5 atom stereocenters. The fraction of sp³-hybridized carbons (Fsp3) is 0.657. The normalized spacial score (nSPS) is 25.5. The molecule has 16 heteroatoms. The molecule has 0 unspecified atom stereocenters. The molecule has 1 aromatic carbocycles. The number of nitrogens with one attached hydrogen (secondary N) is 3. The Morgan fingerprint density at radius 2 is 1.73 bits per heavy atom. The number of benzene rings is 1. The van der Waals surface area contributed by atoms with Gasteiger partial charge in [-0.15, -0.1) is 0 Å². The smallest absolute Gasteiger partial charge is 0.280 e. The number of aromatic nitrogens is 2. The van der Waals surface area contributed by atoms with Crippen LogP contribution in [-0.4, -0.2) is 107 Å². The summed E-state index contributed by atoms with van der Waals surface area (Å²) in [5.74, 6) is -6.74. The Morgan fingerprint density at radius 1 is 1.04 bits per heavy atom. The molecule has 0 spiro atoms. The van der Waals surface area contributed by atoms with Gasteiger partial charge in [0.15, 0.2) is 0 Å². The molecule has 51 heavy (non-hydrogen) atoms. The van der Waals surface area contributed by atoms with Crippen molar-refractivity contribution >= 4 is 35.1 Å². The van der Waals surface area contributed by atoms with Crippen molar-refractivity contribution in [2.45, 2.75) is 81.6 Å². The summed E-state index contributed by atoms with van der Waals surface area (Å²) in [5.41, 5.74) is 0.746. The summed E-state index contributed by atoms with van der Waals surface area (Å²) in [6.45, 7) is 1.95. The second kappa shape index (κ2) is 14.2. The Bertz CT molecular complexity index is 1650. The maximum absolute atomic E-state index is 15.9. The molecule has 2 aromatic rings. The van der Waals surface area contributed by atoms with Gasteiger partial charge in [-0.1, -0.05) is 18.1 Å². The number of hydrogen-bond acceptors (Lipinski definition) is 10. The Labute approximate surface area is 294 Å². The van der Waals surface area contributed by atoms with Crippen LogP contribution >= 0.6 is 0 Å². The van der Waals surface area contributed by atoms with E-state index in [1.165, 1.54) is 23.1 Å². The van der Waals surface area contributed by atoms with E-state index in [0.717, 1.165) is 38.5 Å². The van der Waals surface area contributed by atoms with Crippen molar-refractivity contribution in [3.8, 4) is 0 Å². The van der Waals surface area contributed by atoms with E-state index >= 15 is 4.39 Å². The number of anilines is 2. The van der Waals surface area contributed by atoms with Gasteiger partial charge in [0.05, 0.1) is 18.3 Å². The van der Waals surface area contributed by atoms with Gasteiger partial charge in [0.2, 0.25) is 29.3 Å². The van der Waals surface area contributed by atoms with Gasteiger partial charge in [-0.25, -0.2) is 13.4 Å². The van der Waals surface area contributed by atoms with Crippen LogP contribution in [-0.2, 0) is 23.9 Å². The summed E-state index contributed by atoms with van der Waals surface area (Å²) in [5, 5.41) is 26.3. The Kier molecular flexibility index (Phi) is 9.84. The molecule has 5 fully saturated rings. The quantitative estimate of drug-likeness (QED) is 0.213. The summed E-state index contributed by atoms with van der Waals surface area (Å²) in [6.07, 6.45) is 5.54. The molecule has 276 valence electrons. The Hall–Kier alpha value is -4.02. The number of carbonyl (C=O) groups is 4. The fourth-order valence-corrected chi connectivity index (χ4v) is 7.42. The molecule has 0 radical (unpaired) electrons. The lowest BCUT2D eigenvalue weighted by atomic mass is 9.82. The van der Waals surface area contributed by atoms with Crippen LogP contribution in [0.1, 0.15) is 75.0 Å². The number of likely N-dealkylation sites (N-methyl/N-ethyl adjacent to an activating group) is 1. The summed E-state index contributed by atoms with van der Waals surface area (Å²) >= 11 is 0. The minimum absolute atomic E-state index is 0.0497. The average Bonchev–Trinajstić information content (AvgIpc) is 3.97. The minimum atomic E-state index is -2.08. The van der Waals surface area contributed by atoms with E-state index in [4.69, 9.17) is 9.37 Å². The molecule has 4 amide bonds. The highest BCUT2D eigenvalue weighted by Gasteiger charge is 2.51. The van der Waals surface area contributed by atoms with Gasteiger partial charge in [0, 0.05) is 37.9 Å². The van der Waals surface area contributed by atoms with E-state index < -0.39 is 65.8 Å².